The molecule has 4 amide bonds. The number of carbonyl (C=O) groups excluding carboxylic acids is 5. The molecule has 0 aliphatic rings. The average molecular weight is 724 g/mol. The molecule has 0 aliphatic carbocycles. The van der Waals surface area contributed by atoms with Crippen molar-refractivity contribution in [2.75, 3.05) is 13.1 Å². The van der Waals surface area contributed by atoms with Crippen LogP contribution in [0.25, 0.3) is 11.1 Å². The molecule has 13 N–H and O–H groups in total. The Morgan fingerprint density at radius 3 is 2.02 bits per heavy atom. The third kappa shape index (κ3) is 12.0. The van der Waals surface area contributed by atoms with E-state index in [0.717, 1.165) is 16.7 Å². The lowest BCUT2D eigenvalue weighted by atomic mass is 10.0. The van der Waals surface area contributed by atoms with Gasteiger partial charge in [-0.3, -0.25) is 29.3 Å². The second-order valence-corrected chi connectivity index (χ2v) is 12.4. The van der Waals surface area contributed by atoms with Crippen molar-refractivity contribution in [2.45, 2.75) is 82.7 Å². The number of aliphatic hydroxyl groups is 2. The molecule has 282 valence electrons. The Morgan fingerprint density at radius 1 is 0.827 bits per heavy atom. The molecule has 0 saturated carbocycles. The van der Waals surface area contributed by atoms with Gasteiger partial charge in [-0.1, -0.05) is 42.0 Å². The molecule has 17 heteroatoms. The Kier molecular flexibility index (Phi) is 16.0. The minimum Gasteiger partial charge on any atom is -0.442 e. The van der Waals surface area contributed by atoms with E-state index in [-0.39, 0.29) is 18.9 Å². The summed E-state index contributed by atoms with van der Waals surface area (Å²) in [4.78, 5) is 68.5. The molecule has 0 spiro atoms. The summed E-state index contributed by atoms with van der Waals surface area (Å²) in [6.07, 6.45) is -1.09. The lowest BCUT2D eigenvalue weighted by Crippen LogP contribution is -2.64. The van der Waals surface area contributed by atoms with Crippen molar-refractivity contribution in [3.63, 3.8) is 0 Å². The second-order valence-electron chi connectivity index (χ2n) is 12.4. The maximum atomic E-state index is 13.2. The standard InChI is InChI=1S/C35H49N9O8/c1-19-7-9-22(10-8-19)23-11-13-24(14-12-23)30(47)42-26(18-37)32(49)43-27(21(3)45)33(50)44-29(38)34(51)41-25(6-4-5-15-36)31(48)40-20(2)28(46)35-39-16-17-52-35/h7-14,16-17,20-21,25-27,29,32,43,45,49H,4-6,15,18,36-38H2,1-3H3,(H,40,48)(H,41,51)(H,42,47)(H,44,50)/t20-,21+,25-,26-,27-,29+,32?/m0/s1. The van der Waals surface area contributed by atoms with E-state index in [1.165, 1.54) is 26.3 Å². The van der Waals surface area contributed by atoms with E-state index in [0.29, 0.717) is 24.9 Å². The fourth-order valence-electron chi connectivity index (χ4n) is 5.05. The van der Waals surface area contributed by atoms with Gasteiger partial charge in [-0.15, -0.1) is 0 Å². The smallest absolute Gasteiger partial charge is 0.265 e. The van der Waals surface area contributed by atoms with Crippen molar-refractivity contribution in [3.8, 4) is 11.1 Å². The van der Waals surface area contributed by atoms with Gasteiger partial charge in [0.05, 0.1) is 24.4 Å². The minimum absolute atomic E-state index is 0.141. The monoisotopic (exact) mass is 723 g/mol. The van der Waals surface area contributed by atoms with Crippen LogP contribution in [0.5, 0.6) is 0 Å². The highest BCUT2D eigenvalue weighted by atomic mass is 16.3. The zero-order valence-electron chi connectivity index (χ0n) is 29.4. The first-order valence-corrected chi connectivity index (χ1v) is 16.9. The molecule has 0 bridgehead atoms. The average Bonchev–Trinajstić information content (AvgIpc) is 3.67. The van der Waals surface area contributed by atoms with Crippen molar-refractivity contribution in [1.29, 1.82) is 0 Å². The molecule has 7 atom stereocenters. The Labute approximate surface area is 301 Å². The number of benzene rings is 2. The summed E-state index contributed by atoms with van der Waals surface area (Å²) < 4.78 is 4.99. The van der Waals surface area contributed by atoms with Crippen LogP contribution in [0.2, 0.25) is 0 Å². The third-order valence-corrected chi connectivity index (χ3v) is 8.15. The van der Waals surface area contributed by atoms with Crippen molar-refractivity contribution in [2.24, 2.45) is 17.2 Å². The van der Waals surface area contributed by atoms with Crippen LogP contribution in [0.4, 0.5) is 0 Å². The van der Waals surface area contributed by atoms with E-state index in [4.69, 9.17) is 21.6 Å². The quantitative estimate of drug-likeness (QED) is 0.0372. The van der Waals surface area contributed by atoms with E-state index in [2.05, 4.69) is 31.6 Å². The topological polar surface area (TPSA) is 290 Å². The van der Waals surface area contributed by atoms with Gasteiger partial charge in [-0.05, 0) is 69.8 Å². The van der Waals surface area contributed by atoms with E-state index >= 15 is 0 Å². The van der Waals surface area contributed by atoms with Crippen LogP contribution < -0.4 is 43.8 Å². The number of rotatable bonds is 20. The van der Waals surface area contributed by atoms with Crippen LogP contribution in [0, 0.1) is 6.92 Å². The van der Waals surface area contributed by atoms with Gasteiger partial charge in [0.2, 0.25) is 17.6 Å². The summed E-state index contributed by atoms with van der Waals surface area (Å²) in [5.74, 6) is -3.93. The van der Waals surface area contributed by atoms with E-state index < -0.39 is 72.1 Å². The number of aromatic nitrogens is 1. The molecule has 52 heavy (non-hydrogen) atoms. The molecule has 3 rings (SSSR count). The summed E-state index contributed by atoms with van der Waals surface area (Å²) in [7, 11) is 0. The number of oxazole rings is 1. The fraction of sp³-hybridized carbons (Fsp3) is 0.429. The van der Waals surface area contributed by atoms with Crippen LogP contribution in [0.3, 0.4) is 0 Å². The van der Waals surface area contributed by atoms with Crippen LogP contribution in [0.15, 0.2) is 65.4 Å². The lowest BCUT2D eigenvalue weighted by molar-refractivity contribution is -0.134. The van der Waals surface area contributed by atoms with Gasteiger partial charge in [-0.25, -0.2) is 4.98 Å². The SMILES string of the molecule is Cc1ccc(-c2ccc(C(=O)N[C@@H](CN)C(O)N[C@H](C(=O)N[C@@H](N)C(=O)N[C@@H](CCCCN)C(=O)N[C@@H](C)C(=O)c3ncco3)[C@@H](C)O)cc2)cc1. The molecule has 1 aromatic heterocycles. The summed E-state index contributed by atoms with van der Waals surface area (Å²) >= 11 is 0. The van der Waals surface area contributed by atoms with Gasteiger partial charge in [0.15, 0.2) is 6.17 Å². The molecule has 1 unspecified atom stereocenters. The summed E-state index contributed by atoms with van der Waals surface area (Å²) in [6.45, 7) is 4.78. The number of nitrogens with zero attached hydrogens (tertiary/aromatic N) is 1. The first-order valence-electron chi connectivity index (χ1n) is 16.9. The third-order valence-electron chi connectivity index (χ3n) is 8.15. The van der Waals surface area contributed by atoms with E-state index in [1.54, 1.807) is 24.3 Å². The number of carbonyl (C=O) groups is 5. The number of hydrogen-bond donors (Lipinski definition) is 10. The molecular formula is C35H49N9O8. The predicted molar refractivity (Wildman–Crippen MR) is 191 cm³/mol. The lowest BCUT2D eigenvalue weighted by Gasteiger charge is -2.30. The summed E-state index contributed by atoms with van der Waals surface area (Å²) in [6, 6.07) is 9.94. The van der Waals surface area contributed by atoms with Gasteiger partial charge < -0.3 is 53.1 Å². The van der Waals surface area contributed by atoms with Crippen molar-refractivity contribution in [1.82, 2.24) is 31.6 Å². The van der Waals surface area contributed by atoms with Gasteiger partial charge >= 0.3 is 0 Å². The minimum atomic E-state index is -1.70. The maximum Gasteiger partial charge on any atom is 0.265 e. The number of ketones is 1. The highest BCUT2D eigenvalue weighted by Gasteiger charge is 2.33. The van der Waals surface area contributed by atoms with Gasteiger partial charge in [0.25, 0.3) is 17.7 Å². The predicted octanol–water partition coefficient (Wildman–Crippen LogP) is -1.23. The molecular weight excluding hydrogens is 674 g/mol. The Balaban J connectivity index is 1.59. The van der Waals surface area contributed by atoms with Gasteiger partial charge in [-0.2, -0.15) is 0 Å². The largest absolute Gasteiger partial charge is 0.442 e. The Bertz CT molecular complexity index is 1620. The van der Waals surface area contributed by atoms with Gasteiger partial charge in [0, 0.05) is 12.1 Å². The Morgan fingerprint density at radius 2 is 1.46 bits per heavy atom. The summed E-state index contributed by atoms with van der Waals surface area (Å²) in [5, 5.41) is 33.6. The molecule has 0 radical (unpaired) electrons. The van der Waals surface area contributed by atoms with Crippen LogP contribution >= 0.6 is 0 Å². The fourth-order valence-corrected chi connectivity index (χ4v) is 5.05. The summed E-state index contributed by atoms with van der Waals surface area (Å²) in [5.41, 5.74) is 20.7. The Hall–Kier alpha value is -5.04. The number of aliphatic hydroxyl groups excluding tert-OH is 2. The number of hydrogen-bond acceptors (Lipinski definition) is 13. The number of Topliss-reactive ketones (excluding diaryl/α,β-unsaturated/α-hetero) is 1. The number of aryl methyl sites for hydroxylation is 1. The van der Waals surface area contributed by atoms with Crippen molar-refractivity contribution >= 4 is 29.4 Å². The molecule has 1 heterocycles. The van der Waals surface area contributed by atoms with Gasteiger partial charge in [0.1, 0.15) is 24.6 Å². The normalized spacial score (nSPS) is 15.2. The molecule has 0 saturated heterocycles. The molecule has 2 aromatic carbocycles. The second kappa shape index (κ2) is 20.1. The van der Waals surface area contributed by atoms with E-state index in [1.807, 2.05) is 31.2 Å². The van der Waals surface area contributed by atoms with Crippen molar-refractivity contribution < 1.29 is 38.6 Å². The molecule has 17 nitrogen and oxygen atoms in total. The van der Waals surface area contributed by atoms with Crippen LogP contribution in [-0.2, 0) is 14.4 Å². The zero-order valence-corrected chi connectivity index (χ0v) is 29.4. The maximum absolute atomic E-state index is 13.2. The van der Waals surface area contributed by atoms with Crippen molar-refractivity contribution in [3.05, 3.63) is 78.0 Å². The zero-order chi connectivity index (χ0) is 38.4. The number of nitrogens with two attached hydrogens (primary N) is 3. The first kappa shape index (κ1) is 41.4. The first-order chi connectivity index (χ1) is 24.7. The highest BCUT2D eigenvalue weighted by Crippen LogP contribution is 2.20. The van der Waals surface area contributed by atoms with E-state index in [9.17, 15) is 34.2 Å². The number of nitrogens with one attached hydrogen (secondary N) is 5. The highest BCUT2D eigenvalue weighted by molar-refractivity contribution is 5.99. The number of amides is 4. The molecule has 3 aromatic rings. The molecule has 0 aliphatic heterocycles. The number of unbranched alkanes of at least 4 members (excludes halogenated alkanes) is 1. The van der Waals surface area contributed by atoms with Crippen LogP contribution in [0.1, 0.15) is 59.7 Å². The van der Waals surface area contributed by atoms with Crippen LogP contribution in [-0.4, -0.2) is 100 Å². The molecule has 0 fully saturated rings.